The highest BCUT2D eigenvalue weighted by Crippen LogP contribution is 2.22. The second-order valence-corrected chi connectivity index (χ2v) is 7.99. The van der Waals surface area contributed by atoms with E-state index >= 15 is 0 Å². The van der Waals surface area contributed by atoms with Crippen LogP contribution in [-0.2, 0) is 16.4 Å². The zero-order chi connectivity index (χ0) is 13.8. The van der Waals surface area contributed by atoms with Gasteiger partial charge < -0.3 is 5.73 Å². The van der Waals surface area contributed by atoms with Gasteiger partial charge in [-0.05, 0) is 36.9 Å². The van der Waals surface area contributed by atoms with Crippen LogP contribution in [0.25, 0.3) is 0 Å². The number of hydrogen-bond acceptors (Lipinski definition) is 4. The zero-order valence-corrected chi connectivity index (χ0v) is 12.8. The molecule has 0 aliphatic carbocycles. The van der Waals surface area contributed by atoms with Crippen molar-refractivity contribution in [1.29, 1.82) is 0 Å². The minimum Gasteiger partial charge on any atom is -0.330 e. The number of nitrogens with one attached hydrogen (secondary N) is 1. The van der Waals surface area contributed by atoms with Crippen LogP contribution in [0.1, 0.15) is 25.6 Å². The Kier molecular flexibility index (Phi) is 5.78. The molecule has 1 atom stereocenters. The lowest BCUT2D eigenvalue weighted by atomic mass is 9.99. The molecule has 1 rings (SSSR count). The van der Waals surface area contributed by atoms with E-state index in [-0.39, 0.29) is 0 Å². The number of nitrogens with two attached hydrogens (primary N) is 1. The third-order valence-electron chi connectivity index (χ3n) is 3.03. The summed E-state index contributed by atoms with van der Waals surface area (Å²) in [6.07, 6.45) is 0.725. The van der Waals surface area contributed by atoms with Gasteiger partial charge in [0.2, 0.25) is 10.0 Å². The third-order valence-corrected chi connectivity index (χ3v) is 6.09. The van der Waals surface area contributed by atoms with Crippen LogP contribution in [0.3, 0.4) is 0 Å². The molecule has 1 unspecified atom stereocenters. The first-order chi connectivity index (χ1) is 8.36. The van der Waals surface area contributed by atoms with Crippen molar-refractivity contribution in [3.63, 3.8) is 0 Å². The Morgan fingerprint density at radius 2 is 2.00 bits per heavy atom. The van der Waals surface area contributed by atoms with Gasteiger partial charge in [0.1, 0.15) is 4.21 Å². The summed E-state index contributed by atoms with van der Waals surface area (Å²) in [6.45, 7) is 7.23. The first-order valence-electron chi connectivity index (χ1n) is 6.15. The second kappa shape index (κ2) is 6.65. The van der Waals surface area contributed by atoms with Gasteiger partial charge in [0, 0.05) is 11.4 Å². The van der Waals surface area contributed by atoms with Gasteiger partial charge in [0.15, 0.2) is 0 Å². The molecule has 0 bridgehead atoms. The Morgan fingerprint density at radius 3 is 2.56 bits per heavy atom. The molecule has 0 aromatic carbocycles. The van der Waals surface area contributed by atoms with Crippen LogP contribution >= 0.6 is 11.3 Å². The Morgan fingerprint density at radius 1 is 1.33 bits per heavy atom. The van der Waals surface area contributed by atoms with Crippen LogP contribution in [0.5, 0.6) is 0 Å². The molecule has 0 aliphatic rings. The second-order valence-electron chi connectivity index (χ2n) is 4.83. The minimum atomic E-state index is -3.36. The molecule has 18 heavy (non-hydrogen) atoms. The van der Waals surface area contributed by atoms with Crippen molar-refractivity contribution in [3.05, 3.63) is 17.0 Å². The third kappa shape index (κ3) is 4.35. The molecule has 6 heteroatoms. The van der Waals surface area contributed by atoms with E-state index in [2.05, 4.69) is 18.6 Å². The van der Waals surface area contributed by atoms with Crippen LogP contribution in [-0.4, -0.2) is 21.5 Å². The van der Waals surface area contributed by atoms with Crippen molar-refractivity contribution < 1.29 is 8.42 Å². The van der Waals surface area contributed by atoms with Crippen molar-refractivity contribution in [2.75, 3.05) is 13.1 Å². The van der Waals surface area contributed by atoms with Crippen LogP contribution in [0, 0.1) is 11.8 Å². The van der Waals surface area contributed by atoms with Crippen LogP contribution in [0.15, 0.2) is 16.3 Å². The van der Waals surface area contributed by atoms with Gasteiger partial charge >= 0.3 is 0 Å². The number of sulfonamides is 1. The minimum absolute atomic E-state index is 0.322. The fourth-order valence-electron chi connectivity index (χ4n) is 1.33. The molecule has 104 valence electrons. The fourth-order valence-corrected chi connectivity index (χ4v) is 3.89. The van der Waals surface area contributed by atoms with E-state index in [0.29, 0.717) is 29.1 Å². The molecule has 4 nitrogen and oxygen atoms in total. The fraction of sp³-hybridized carbons (Fsp3) is 0.667. The van der Waals surface area contributed by atoms with Gasteiger partial charge in [-0.1, -0.05) is 20.8 Å². The number of hydrogen-bond donors (Lipinski definition) is 2. The molecule has 0 spiro atoms. The maximum absolute atomic E-state index is 12.0. The SMILES string of the molecule is CC(C)C(C)CNS(=O)(=O)c1ccc(CCN)s1. The van der Waals surface area contributed by atoms with Crippen molar-refractivity contribution in [2.45, 2.75) is 31.4 Å². The standard InChI is InChI=1S/C12H22N2O2S2/c1-9(2)10(3)8-14-18(15,16)12-5-4-11(17-12)6-7-13/h4-5,9-10,14H,6-8,13H2,1-3H3. The molecule has 0 fully saturated rings. The summed E-state index contributed by atoms with van der Waals surface area (Å²) in [5, 5.41) is 0. The Bertz CT molecular complexity index is 466. The first-order valence-corrected chi connectivity index (χ1v) is 8.45. The van der Waals surface area contributed by atoms with E-state index in [4.69, 9.17) is 5.73 Å². The first kappa shape index (κ1) is 15.6. The van der Waals surface area contributed by atoms with E-state index in [1.54, 1.807) is 6.07 Å². The van der Waals surface area contributed by atoms with Crippen molar-refractivity contribution in [3.8, 4) is 0 Å². The van der Waals surface area contributed by atoms with Gasteiger partial charge in [0.25, 0.3) is 0 Å². The molecule has 1 aromatic rings. The van der Waals surface area contributed by atoms with Crippen LogP contribution < -0.4 is 10.5 Å². The molecule has 0 amide bonds. The lowest BCUT2D eigenvalue weighted by molar-refractivity contribution is 0.415. The van der Waals surface area contributed by atoms with E-state index in [9.17, 15) is 8.42 Å². The predicted octanol–water partition coefficient (Wildman–Crippen LogP) is 1.82. The average Bonchev–Trinajstić information content (AvgIpc) is 2.75. The van der Waals surface area contributed by atoms with Crippen molar-refractivity contribution >= 4 is 21.4 Å². The van der Waals surface area contributed by atoms with E-state index in [1.807, 2.05) is 13.0 Å². The lowest BCUT2D eigenvalue weighted by Gasteiger charge is -2.15. The summed E-state index contributed by atoms with van der Waals surface area (Å²) >= 11 is 1.29. The van der Waals surface area contributed by atoms with Crippen molar-refractivity contribution in [2.24, 2.45) is 17.6 Å². The average molecular weight is 290 g/mol. The highest BCUT2D eigenvalue weighted by molar-refractivity contribution is 7.91. The largest absolute Gasteiger partial charge is 0.330 e. The molecule has 0 radical (unpaired) electrons. The van der Waals surface area contributed by atoms with Gasteiger partial charge in [-0.15, -0.1) is 11.3 Å². The zero-order valence-electron chi connectivity index (χ0n) is 11.1. The Balaban J connectivity index is 2.68. The lowest BCUT2D eigenvalue weighted by Crippen LogP contribution is -2.29. The maximum atomic E-state index is 12.0. The van der Waals surface area contributed by atoms with Gasteiger partial charge in [-0.2, -0.15) is 0 Å². The number of thiophene rings is 1. The smallest absolute Gasteiger partial charge is 0.250 e. The normalized spacial score (nSPS) is 14.1. The number of rotatable bonds is 7. The van der Waals surface area contributed by atoms with E-state index in [0.717, 1.165) is 11.3 Å². The van der Waals surface area contributed by atoms with Crippen LogP contribution in [0.4, 0.5) is 0 Å². The molecule has 0 saturated carbocycles. The summed E-state index contributed by atoms with van der Waals surface area (Å²) in [4.78, 5) is 1.01. The highest BCUT2D eigenvalue weighted by Gasteiger charge is 2.18. The summed E-state index contributed by atoms with van der Waals surface area (Å²) in [5.41, 5.74) is 5.45. The van der Waals surface area contributed by atoms with E-state index < -0.39 is 10.0 Å². The van der Waals surface area contributed by atoms with Crippen molar-refractivity contribution in [1.82, 2.24) is 4.72 Å². The summed E-state index contributed by atoms with van der Waals surface area (Å²) in [6, 6.07) is 3.48. The van der Waals surface area contributed by atoms with Crippen LogP contribution in [0.2, 0.25) is 0 Å². The molecular weight excluding hydrogens is 268 g/mol. The summed E-state index contributed by atoms with van der Waals surface area (Å²) in [5.74, 6) is 0.784. The van der Waals surface area contributed by atoms with E-state index in [1.165, 1.54) is 11.3 Å². The maximum Gasteiger partial charge on any atom is 0.250 e. The predicted molar refractivity (Wildman–Crippen MR) is 76.3 cm³/mol. The topological polar surface area (TPSA) is 72.2 Å². The monoisotopic (exact) mass is 290 g/mol. The Labute approximate surface area is 114 Å². The Hall–Kier alpha value is -0.430. The molecule has 1 heterocycles. The van der Waals surface area contributed by atoms with Gasteiger partial charge in [0.05, 0.1) is 0 Å². The molecule has 0 aliphatic heterocycles. The van der Waals surface area contributed by atoms with Gasteiger partial charge in [-0.25, -0.2) is 13.1 Å². The molecule has 3 N–H and O–H groups in total. The summed E-state index contributed by atoms with van der Waals surface area (Å²) in [7, 11) is -3.36. The molecular formula is C12H22N2O2S2. The van der Waals surface area contributed by atoms with Gasteiger partial charge in [-0.3, -0.25) is 0 Å². The summed E-state index contributed by atoms with van der Waals surface area (Å²) < 4.78 is 27.1. The molecule has 0 saturated heterocycles. The molecule has 1 aromatic heterocycles. The highest BCUT2D eigenvalue weighted by atomic mass is 32.2. The quantitative estimate of drug-likeness (QED) is 0.804.